The zero-order valence-corrected chi connectivity index (χ0v) is 12.7. The molecule has 3 heterocycles. The van der Waals surface area contributed by atoms with Gasteiger partial charge in [-0.1, -0.05) is 6.07 Å². The van der Waals surface area contributed by atoms with Crippen molar-refractivity contribution in [2.45, 2.75) is 38.8 Å². The van der Waals surface area contributed by atoms with Crippen molar-refractivity contribution in [1.29, 1.82) is 0 Å². The first-order valence-electron chi connectivity index (χ1n) is 7.66. The zero-order chi connectivity index (χ0) is 15.5. The van der Waals surface area contributed by atoms with Crippen LogP contribution in [0.15, 0.2) is 45.8 Å². The lowest BCUT2D eigenvalue weighted by Crippen LogP contribution is -2.32. The Morgan fingerprint density at radius 3 is 2.91 bits per heavy atom. The van der Waals surface area contributed by atoms with E-state index in [0.717, 1.165) is 30.8 Å². The molecule has 0 aliphatic carbocycles. The van der Waals surface area contributed by atoms with Crippen molar-refractivity contribution in [2.24, 2.45) is 0 Å². The molecule has 0 radical (unpaired) electrons. The summed E-state index contributed by atoms with van der Waals surface area (Å²) in [5.41, 5.74) is 0.820. The van der Waals surface area contributed by atoms with Gasteiger partial charge in [-0.15, -0.1) is 0 Å². The molecule has 0 unspecified atom stereocenters. The number of nitrogens with zero attached hydrogens (tertiary/aromatic N) is 2. The summed E-state index contributed by atoms with van der Waals surface area (Å²) < 4.78 is 7.10. The van der Waals surface area contributed by atoms with E-state index < -0.39 is 0 Å². The van der Waals surface area contributed by atoms with Crippen LogP contribution in [0.5, 0.6) is 0 Å². The summed E-state index contributed by atoms with van der Waals surface area (Å²) >= 11 is 0. The molecular weight excluding hydrogens is 280 g/mol. The van der Waals surface area contributed by atoms with E-state index in [1.807, 2.05) is 30.0 Å². The predicted molar refractivity (Wildman–Crippen MR) is 82.5 cm³/mol. The maximum Gasteiger partial charge on any atom is 0.250 e. The lowest BCUT2D eigenvalue weighted by atomic mass is 10.1. The van der Waals surface area contributed by atoms with Gasteiger partial charge < -0.3 is 13.9 Å². The molecule has 5 heteroatoms. The van der Waals surface area contributed by atoms with Crippen LogP contribution in [0.1, 0.15) is 36.8 Å². The van der Waals surface area contributed by atoms with Gasteiger partial charge in [0, 0.05) is 31.3 Å². The van der Waals surface area contributed by atoms with E-state index in [-0.39, 0.29) is 17.5 Å². The molecule has 0 bridgehead atoms. The Labute approximate surface area is 129 Å². The van der Waals surface area contributed by atoms with Gasteiger partial charge in [-0.2, -0.15) is 0 Å². The van der Waals surface area contributed by atoms with Gasteiger partial charge in [0.1, 0.15) is 5.76 Å². The fourth-order valence-electron chi connectivity index (χ4n) is 3.10. The van der Waals surface area contributed by atoms with Gasteiger partial charge in [0.05, 0.1) is 12.3 Å². The number of aromatic nitrogens is 1. The van der Waals surface area contributed by atoms with Crippen LogP contribution in [0.4, 0.5) is 0 Å². The second kappa shape index (κ2) is 6.22. The highest BCUT2D eigenvalue weighted by Crippen LogP contribution is 2.32. The Kier molecular flexibility index (Phi) is 4.13. The maximum atomic E-state index is 12.5. The van der Waals surface area contributed by atoms with Gasteiger partial charge in [0.2, 0.25) is 5.91 Å². The first-order chi connectivity index (χ1) is 10.7. The molecule has 0 spiro atoms. The molecule has 116 valence electrons. The summed E-state index contributed by atoms with van der Waals surface area (Å²) in [7, 11) is 0. The van der Waals surface area contributed by atoms with Gasteiger partial charge >= 0.3 is 0 Å². The highest BCUT2D eigenvalue weighted by atomic mass is 16.3. The minimum absolute atomic E-state index is 0.0380. The van der Waals surface area contributed by atoms with Gasteiger partial charge in [0.25, 0.3) is 5.56 Å². The summed E-state index contributed by atoms with van der Waals surface area (Å²) in [6.45, 7) is 3.06. The maximum absolute atomic E-state index is 12.5. The second-order valence-electron chi connectivity index (χ2n) is 5.67. The third-order valence-electron chi connectivity index (χ3n) is 4.26. The van der Waals surface area contributed by atoms with Gasteiger partial charge in [-0.05, 0) is 38.0 Å². The van der Waals surface area contributed by atoms with Crippen LogP contribution in [0.25, 0.3) is 0 Å². The second-order valence-corrected chi connectivity index (χ2v) is 5.67. The number of furan rings is 1. The Morgan fingerprint density at radius 1 is 1.32 bits per heavy atom. The van der Waals surface area contributed by atoms with Gasteiger partial charge in [0.15, 0.2) is 0 Å². The summed E-state index contributed by atoms with van der Waals surface area (Å²) in [5.74, 6) is 0.924. The molecule has 2 aromatic rings. The molecule has 5 nitrogen and oxygen atoms in total. The van der Waals surface area contributed by atoms with E-state index in [2.05, 4.69) is 0 Å². The van der Waals surface area contributed by atoms with E-state index in [1.54, 1.807) is 16.9 Å². The summed E-state index contributed by atoms with van der Waals surface area (Å²) in [6, 6.07) is 8.96. The Morgan fingerprint density at radius 2 is 2.18 bits per heavy atom. The number of hydrogen-bond donors (Lipinski definition) is 0. The fourth-order valence-corrected chi connectivity index (χ4v) is 3.10. The standard InChI is InChI=1S/C17H20N2O3/c1-13-5-2-8-16(20)18(13)11-9-17(21)19-10-3-6-14(19)15-7-4-12-22-15/h2,4-5,7-8,12,14H,3,6,9-11H2,1H3/t14-/m1/s1. The third kappa shape index (κ3) is 2.84. The van der Waals surface area contributed by atoms with Crippen molar-refractivity contribution in [2.75, 3.05) is 6.54 Å². The minimum Gasteiger partial charge on any atom is -0.467 e. The molecular formula is C17H20N2O3. The van der Waals surface area contributed by atoms with Crippen molar-refractivity contribution in [3.63, 3.8) is 0 Å². The average molecular weight is 300 g/mol. The van der Waals surface area contributed by atoms with Crippen molar-refractivity contribution < 1.29 is 9.21 Å². The Hall–Kier alpha value is -2.30. The number of aryl methyl sites for hydroxylation is 1. The van der Waals surface area contributed by atoms with Gasteiger partial charge in [-0.25, -0.2) is 0 Å². The molecule has 0 saturated carbocycles. The number of likely N-dealkylation sites (tertiary alicyclic amines) is 1. The minimum atomic E-state index is -0.0585. The number of pyridine rings is 1. The Bertz CT molecular complexity index is 703. The fraction of sp³-hybridized carbons (Fsp3) is 0.412. The quantitative estimate of drug-likeness (QED) is 0.871. The normalized spacial score (nSPS) is 17.9. The predicted octanol–water partition coefficient (Wildman–Crippen LogP) is 2.50. The van der Waals surface area contributed by atoms with Crippen LogP contribution in [-0.4, -0.2) is 21.9 Å². The van der Waals surface area contributed by atoms with E-state index in [1.165, 1.54) is 6.07 Å². The SMILES string of the molecule is Cc1cccc(=O)n1CCC(=O)N1CCC[C@@H]1c1ccco1. The van der Waals surface area contributed by atoms with Crippen molar-refractivity contribution in [3.05, 3.63) is 58.4 Å². The number of rotatable bonds is 4. The molecule has 1 aliphatic heterocycles. The van der Waals surface area contributed by atoms with Gasteiger partial charge in [-0.3, -0.25) is 9.59 Å². The number of amides is 1. The van der Waals surface area contributed by atoms with E-state index in [4.69, 9.17) is 4.42 Å². The molecule has 1 saturated heterocycles. The lowest BCUT2D eigenvalue weighted by molar-refractivity contribution is -0.132. The van der Waals surface area contributed by atoms with E-state index in [0.29, 0.717) is 13.0 Å². The van der Waals surface area contributed by atoms with E-state index >= 15 is 0 Å². The molecule has 1 fully saturated rings. The summed E-state index contributed by atoms with van der Waals surface area (Å²) in [4.78, 5) is 26.2. The zero-order valence-electron chi connectivity index (χ0n) is 12.7. The molecule has 0 aromatic carbocycles. The lowest BCUT2D eigenvalue weighted by Gasteiger charge is -2.23. The van der Waals surface area contributed by atoms with Crippen LogP contribution >= 0.6 is 0 Å². The molecule has 2 aromatic heterocycles. The van der Waals surface area contributed by atoms with Crippen LogP contribution in [0.3, 0.4) is 0 Å². The average Bonchev–Trinajstić information content (AvgIpc) is 3.17. The molecule has 0 N–H and O–H groups in total. The van der Waals surface area contributed by atoms with Crippen molar-refractivity contribution in [3.8, 4) is 0 Å². The van der Waals surface area contributed by atoms with E-state index in [9.17, 15) is 9.59 Å². The van der Waals surface area contributed by atoms with Crippen LogP contribution in [0.2, 0.25) is 0 Å². The highest BCUT2D eigenvalue weighted by molar-refractivity contribution is 5.76. The molecule has 1 amide bonds. The largest absolute Gasteiger partial charge is 0.467 e. The van der Waals surface area contributed by atoms with Crippen LogP contribution in [-0.2, 0) is 11.3 Å². The number of hydrogen-bond acceptors (Lipinski definition) is 3. The van der Waals surface area contributed by atoms with Crippen molar-refractivity contribution >= 4 is 5.91 Å². The first-order valence-corrected chi connectivity index (χ1v) is 7.66. The smallest absolute Gasteiger partial charge is 0.250 e. The molecule has 1 aliphatic rings. The first kappa shape index (κ1) is 14.6. The summed E-state index contributed by atoms with van der Waals surface area (Å²) in [6.07, 6.45) is 3.90. The molecule has 1 atom stereocenters. The van der Waals surface area contributed by atoms with Crippen molar-refractivity contribution in [1.82, 2.24) is 9.47 Å². The highest BCUT2D eigenvalue weighted by Gasteiger charge is 2.31. The summed E-state index contributed by atoms with van der Waals surface area (Å²) in [5, 5.41) is 0. The van der Waals surface area contributed by atoms with Crippen LogP contribution in [0, 0.1) is 6.92 Å². The van der Waals surface area contributed by atoms with Crippen LogP contribution < -0.4 is 5.56 Å². The third-order valence-corrected chi connectivity index (χ3v) is 4.26. The monoisotopic (exact) mass is 300 g/mol. The Balaban J connectivity index is 1.68. The molecule has 3 rings (SSSR count). The molecule has 22 heavy (non-hydrogen) atoms. The number of carbonyl (C=O) groups is 1. The number of carbonyl (C=O) groups excluding carboxylic acids is 1. The topological polar surface area (TPSA) is 55.5 Å².